The van der Waals surface area contributed by atoms with Crippen LogP contribution in [-0.2, 0) is 9.53 Å². The van der Waals surface area contributed by atoms with Gasteiger partial charge >= 0.3 is 0 Å². The largest absolute Gasteiger partial charge is 0.371 e. The Hall–Kier alpha value is -2.77. The van der Waals surface area contributed by atoms with Gasteiger partial charge in [-0.3, -0.25) is 14.6 Å². The van der Waals surface area contributed by atoms with Crippen molar-refractivity contribution in [3.8, 4) is 11.3 Å². The van der Waals surface area contributed by atoms with Gasteiger partial charge in [0, 0.05) is 25.4 Å². The lowest BCUT2D eigenvalue weighted by Crippen LogP contribution is -2.46. The number of halogens is 1. The molecule has 2 aliphatic rings. The van der Waals surface area contributed by atoms with Crippen LogP contribution in [0.4, 0.5) is 0 Å². The standard InChI is InChI=1S/C12H10ClN3O.C9H13NO2/c1-14-12(17)10-7-8(5-6-15-10)9-3-2-4-11(13)16-9;1-2-8(11)10-5-6-12-9(7-10)3-4-9/h2-7H,1H3,(H,14,17);2H,1,3-7H2. The van der Waals surface area contributed by atoms with Crippen LogP contribution < -0.4 is 5.32 Å². The molecule has 1 saturated heterocycles. The summed E-state index contributed by atoms with van der Waals surface area (Å²) in [6, 6.07) is 8.80. The van der Waals surface area contributed by atoms with E-state index in [2.05, 4.69) is 21.9 Å². The van der Waals surface area contributed by atoms with Crippen molar-refractivity contribution in [2.75, 3.05) is 26.7 Å². The fourth-order valence-corrected chi connectivity index (χ4v) is 3.18. The Morgan fingerprint density at radius 3 is 2.79 bits per heavy atom. The number of amides is 2. The fourth-order valence-electron chi connectivity index (χ4n) is 3.02. The molecule has 4 rings (SSSR count). The summed E-state index contributed by atoms with van der Waals surface area (Å²) in [6.45, 7) is 5.63. The van der Waals surface area contributed by atoms with Crippen LogP contribution in [0.1, 0.15) is 23.3 Å². The number of nitrogens with one attached hydrogen (secondary N) is 1. The quantitative estimate of drug-likeness (QED) is 0.616. The second kappa shape index (κ2) is 9.15. The molecule has 1 N–H and O–H groups in total. The molecule has 0 radical (unpaired) electrons. The van der Waals surface area contributed by atoms with Crippen LogP contribution >= 0.6 is 11.6 Å². The molecule has 0 unspecified atom stereocenters. The van der Waals surface area contributed by atoms with Crippen LogP contribution in [0.25, 0.3) is 11.3 Å². The van der Waals surface area contributed by atoms with Gasteiger partial charge in [-0.25, -0.2) is 4.98 Å². The van der Waals surface area contributed by atoms with Crippen molar-refractivity contribution in [3.63, 3.8) is 0 Å². The number of hydrogen-bond acceptors (Lipinski definition) is 5. The van der Waals surface area contributed by atoms with E-state index in [0.29, 0.717) is 29.7 Å². The Balaban J connectivity index is 0.000000176. The maximum Gasteiger partial charge on any atom is 0.269 e. The molecule has 2 aromatic heterocycles. The average Bonchev–Trinajstić information content (AvgIpc) is 3.51. The van der Waals surface area contributed by atoms with Gasteiger partial charge in [0.05, 0.1) is 24.4 Å². The van der Waals surface area contributed by atoms with E-state index >= 15 is 0 Å². The Kier molecular flexibility index (Phi) is 6.61. The zero-order valence-corrected chi connectivity index (χ0v) is 17.0. The lowest BCUT2D eigenvalue weighted by atomic mass is 10.1. The number of carbonyl (C=O) groups excluding carboxylic acids is 2. The van der Waals surface area contributed by atoms with Gasteiger partial charge in [0.25, 0.3) is 5.91 Å². The van der Waals surface area contributed by atoms with Gasteiger partial charge in [-0.2, -0.15) is 0 Å². The minimum absolute atomic E-state index is 0.0320. The molecular formula is C21H23ClN4O3. The summed E-state index contributed by atoms with van der Waals surface area (Å²) in [4.78, 5) is 32.7. The first-order valence-electron chi connectivity index (χ1n) is 9.33. The lowest BCUT2D eigenvalue weighted by molar-refractivity contribution is -0.135. The van der Waals surface area contributed by atoms with E-state index in [0.717, 1.165) is 24.9 Å². The molecule has 152 valence electrons. The highest BCUT2D eigenvalue weighted by Crippen LogP contribution is 2.41. The van der Waals surface area contributed by atoms with E-state index in [-0.39, 0.29) is 17.4 Å². The molecule has 1 aliphatic heterocycles. The molecule has 7 nitrogen and oxygen atoms in total. The van der Waals surface area contributed by atoms with Gasteiger partial charge in [-0.15, -0.1) is 0 Å². The van der Waals surface area contributed by atoms with Crippen LogP contribution in [0.2, 0.25) is 5.15 Å². The fraction of sp³-hybridized carbons (Fsp3) is 0.333. The van der Waals surface area contributed by atoms with E-state index in [4.69, 9.17) is 16.3 Å². The number of carbonyl (C=O) groups is 2. The number of aromatic nitrogens is 2. The van der Waals surface area contributed by atoms with E-state index < -0.39 is 0 Å². The molecule has 8 heteroatoms. The molecule has 0 aromatic carbocycles. The maximum absolute atomic E-state index is 11.4. The van der Waals surface area contributed by atoms with Crippen molar-refractivity contribution in [1.29, 1.82) is 0 Å². The Labute approximate surface area is 174 Å². The first kappa shape index (κ1) is 21.0. The second-order valence-corrected chi connectivity index (χ2v) is 7.24. The van der Waals surface area contributed by atoms with Crippen molar-refractivity contribution in [3.05, 3.63) is 60.0 Å². The highest BCUT2D eigenvalue weighted by Gasteiger charge is 2.48. The number of nitrogens with zero attached hydrogens (tertiary/aromatic N) is 3. The number of hydrogen-bond donors (Lipinski definition) is 1. The Morgan fingerprint density at radius 2 is 2.14 bits per heavy atom. The third-order valence-electron chi connectivity index (χ3n) is 4.77. The third kappa shape index (κ3) is 5.40. The predicted octanol–water partition coefficient (Wildman–Crippen LogP) is 2.72. The first-order valence-corrected chi connectivity index (χ1v) is 9.70. The topological polar surface area (TPSA) is 84.4 Å². The zero-order valence-electron chi connectivity index (χ0n) is 16.2. The van der Waals surface area contributed by atoms with Gasteiger partial charge in [0.2, 0.25) is 5.91 Å². The summed E-state index contributed by atoms with van der Waals surface area (Å²) in [6.07, 6.45) is 5.16. The van der Waals surface area contributed by atoms with Crippen LogP contribution in [-0.4, -0.2) is 59.0 Å². The molecule has 2 aromatic rings. The summed E-state index contributed by atoms with van der Waals surface area (Å²) in [7, 11) is 1.56. The first-order chi connectivity index (χ1) is 14.0. The van der Waals surface area contributed by atoms with Crippen molar-refractivity contribution < 1.29 is 14.3 Å². The van der Waals surface area contributed by atoms with Crippen molar-refractivity contribution >= 4 is 23.4 Å². The molecule has 2 amide bonds. The summed E-state index contributed by atoms with van der Waals surface area (Å²) in [5, 5.41) is 2.94. The van der Waals surface area contributed by atoms with Gasteiger partial charge in [-0.1, -0.05) is 24.2 Å². The zero-order chi connectivity index (χ0) is 20.9. The van der Waals surface area contributed by atoms with Crippen LogP contribution in [0, 0.1) is 0 Å². The van der Waals surface area contributed by atoms with Crippen LogP contribution in [0.15, 0.2) is 49.2 Å². The van der Waals surface area contributed by atoms with Crippen molar-refractivity contribution in [2.45, 2.75) is 18.4 Å². The van der Waals surface area contributed by atoms with E-state index in [9.17, 15) is 9.59 Å². The maximum atomic E-state index is 11.4. The van der Waals surface area contributed by atoms with Crippen LogP contribution in [0.5, 0.6) is 0 Å². The van der Waals surface area contributed by atoms with E-state index in [1.807, 2.05) is 17.0 Å². The molecule has 29 heavy (non-hydrogen) atoms. The monoisotopic (exact) mass is 414 g/mol. The van der Waals surface area contributed by atoms with Crippen molar-refractivity contribution in [1.82, 2.24) is 20.2 Å². The van der Waals surface area contributed by atoms with Crippen molar-refractivity contribution in [2.24, 2.45) is 0 Å². The number of morpholine rings is 1. The van der Waals surface area contributed by atoms with E-state index in [1.165, 1.54) is 6.08 Å². The molecule has 2 fully saturated rings. The SMILES string of the molecule is C=CC(=O)N1CCOC2(CC2)C1.CNC(=O)c1cc(-c2cccc(Cl)n2)ccn1. The normalized spacial score (nSPS) is 16.4. The molecule has 0 bridgehead atoms. The highest BCUT2D eigenvalue weighted by atomic mass is 35.5. The van der Waals surface area contributed by atoms with Crippen LogP contribution in [0.3, 0.4) is 0 Å². The van der Waals surface area contributed by atoms with Gasteiger partial charge in [0.15, 0.2) is 0 Å². The molecule has 1 aliphatic carbocycles. The molecule has 1 spiro atoms. The smallest absolute Gasteiger partial charge is 0.269 e. The second-order valence-electron chi connectivity index (χ2n) is 6.85. The third-order valence-corrected chi connectivity index (χ3v) is 4.98. The number of rotatable bonds is 3. The molecule has 0 atom stereocenters. The highest BCUT2D eigenvalue weighted by molar-refractivity contribution is 6.29. The Morgan fingerprint density at radius 1 is 1.34 bits per heavy atom. The van der Waals surface area contributed by atoms with Gasteiger partial charge < -0.3 is 15.0 Å². The van der Waals surface area contributed by atoms with Gasteiger partial charge in [0.1, 0.15) is 10.8 Å². The lowest BCUT2D eigenvalue weighted by Gasteiger charge is -2.32. The Bertz CT molecular complexity index is 914. The van der Waals surface area contributed by atoms with Gasteiger partial charge in [-0.05, 0) is 43.2 Å². The average molecular weight is 415 g/mol. The minimum atomic E-state index is -0.228. The number of ether oxygens (including phenoxy) is 1. The molecule has 3 heterocycles. The number of pyridine rings is 2. The summed E-state index contributed by atoms with van der Waals surface area (Å²) >= 11 is 5.82. The van der Waals surface area contributed by atoms with E-state index in [1.54, 1.807) is 31.4 Å². The molecule has 1 saturated carbocycles. The summed E-state index contributed by atoms with van der Waals surface area (Å²) in [5.41, 5.74) is 1.91. The summed E-state index contributed by atoms with van der Waals surface area (Å²) < 4.78 is 5.57. The predicted molar refractivity (Wildman–Crippen MR) is 111 cm³/mol. The minimum Gasteiger partial charge on any atom is -0.371 e. The molecular weight excluding hydrogens is 392 g/mol. The summed E-state index contributed by atoms with van der Waals surface area (Å²) in [5.74, 6) is -0.196.